The lowest BCUT2D eigenvalue weighted by Crippen LogP contribution is -2.08. The van der Waals surface area contributed by atoms with Crippen LogP contribution in [0.2, 0.25) is 0 Å². The van der Waals surface area contributed by atoms with E-state index in [9.17, 15) is 4.79 Å². The van der Waals surface area contributed by atoms with E-state index in [1.54, 1.807) is 17.4 Å². The smallest absolute Gasteiger partial charge is 0.183 e. The van der Waals surface area contributed by atoms with E-state index >= 15 is 0 Å². The number of benzene rings is 2. The first-order valence-electron chi connectivity index (χ1n) is 5.46. The number of aromatic nitrogens is 1. The molecule has 0 bridgehead atoms. The van der Waals surface area contributed by atoms with E-state index in [0.717, 1.165) is 31.9 Å². The van der Waals surface area contributed by atoms with Crippen LogP contribution < -0.4 is 5.43 Å². The molecular formula is C14H11NOS. The lowest BCUT2D eigenvalue weighted by Gasteiger charge is -2.10. The lowest BCUT2D eigenvalue weighted by atomic mass is 10.1. The Hall–Kier alpha value is -1.74. The van der Waals surface area contributed by atoms with Crippen molar-refractivity contribution in [1.82, 2.24) is 4.98 Å². The summed E-state index contributed by atoms with van der Waals surface area (Å²) in [5.74, 6) is 0. The number of fused-ring (bicyclic) bond motifs is 2. The summed E-state index contributed by atoms with van der Waals surface area (Å²) in [4.78, 5) is 17.4. The van der Waals surface area contributed by atoms with Crippen molar-refractivity contribution in [1.29, 1.82) is 0 Å². The van der Waals surface area contributed by atoms with Crippen molar-refractivity contribution in [2.24, 2.45) is 0 Å². The highest BCUT2D eigenvalue weighted by atomic mass is 32.1. The molecule has 1 aliphatic heterocycles. The van der Waals surface area contributed by atoms with E-state index in [1.165, 1.54) is 0 Å². The SMILES string of the molecule is Cc1c2nc3ccccc3sc-2cc(=O)c1C. The molecule has 0 unspecified atom stereocenters. The third-order valence-electron chi connectivity index (χ3n) is 3.10. The molecule has 0 spiro atoms. The van der Waals surface area contributed by atoms with Crippen LogP contribution in [0, 0.1) is 13.8 Å². The summed E-state index contributed by atoms with van der Waals surface area (Å²) in [6.45, 7) is 3.83. The molecule has 0 saturated carbocycles. The molecule has 0 atom stereocenters. The Morgan fingerprint density at radius 2 is 1.88 bits per heavy atom. The van der Waals surface area contributed by atoms with Gasteiger partial charge in [0.05, 0.1) is 20.8 Å². The molecule has 0 N–H and O–H groups in total. The van der Waals surface area contributed by atoms with Crippen molar-refractivity contribution in [3.05, 3.63) is 51.7 Å². The first kappa shape index (κ1) is 10.4. The Balaban J connectivity index is 2.53. The van der Waals surface area contributed by atoms with Crippen molar-refractivity contribution in [3.63, 3.8) is 0 Å². The molecule has 3 rings (SSSR count). The predicted octanol–water partition coefficient (Wildman–Crippen LogP) is 3.38. The molecule has 1 aromatic rings. The second kappa shape index (κ2) is 3.64. The normalized spacial score (nSPS) is 11.2. The molecule has 3 heteroatoms. The molecule has 0 saturated heterocycles. The zero-order chi connectivity index (χ0) is 12.0. The number of rotatable bonds is 0. The van der Waals surface area contributed by atoms with Gasteiger partial charge >= 0.3 is 0 Å². The van der Waals surface area contributed by atoms with Gasteiger partial charge in [0.25, 0.3) is 0 Å². The average Bonchev–Trinajstić information content (AvgIpc) is 2.34. The second-order valence-electron chi connectivity index (χ2n) is 4.15. The van der Waals surface area contributed by atoms with Crippen molar-refractivity contribution in [2.45, 2.75) is 13.8 Å². The highest BCUT2D eigenvalue weighted by molar-refractivity contribution is 7.21. The zero-order valence-corrected chi connectivity index (χ0v) is 10.5. The van der Waals surface area contributed by atoms with E-state index in [0.29, 0.717) is 0 Å². The molecular weight excluding hydrogens is 230 g/mol. The Bertz CT molecular complexity index is 745. The standard InChI is InChI=1S/C14H11NOS/c1-8-9(2)14-13(7-11(8)16)17-12-6-4-3-5-10(12)15-14/h3-7H,1-2H3. The Labute approximate surface area is 103 Å². The number of nitrogens with zero attached hydrogens (tertiary/aromatic N) is 1. The van der Waals surface area contributed by atoms with Gasteiger partial charge < -0.3 is 0 Å². The molecule has 2 aliphatic rings. The van der Waals surface area contributed by atoms with Gasteiger partial charge in [0, 0.05) is 11.6 Å². The fraction of sp³-hybridized carbons (Fsp3) is 0.143. The Kier molecular flexibility index (Phi) is 2.23. The van der Waals surface area contributed by atoms with Crippen LogP contribution in [0.4, 0.5) is 0 Å². The fourth-order valence-corrected chi connectivity index (χ4v) is 3.00. The minimum atomic E-state index is 0.100. The van der Waals surface area contributed by atoms with E-state index in [1.807, 2.05) is 38.1 Å². The van der Waals surface area contributed by atoms with E-state index in [2.05, 4.69) is 4.98 Å². The molecule has 0 aromatic heterocycles. The molecule has 84 valence electrons. The van der Waals surface area contributed by atoms with Crippen LogP contribution in [0.3, 0.4) is 0 Å². The molecule has 1 heterocycles. The first-order chi connectivity index (χ1) is 8.16. The summed E-state index contributed by atoms with van der Waals surface area (Å²) in [6, 6.07) is 9.71. The van der Waals surface area contributed by atoms with Crippen molar-refractivity contribution >= 4 is 21.6 Å². The summed E-state index contributed by atoms with van der Waals surface area (Å²) in [5, 5.41) is 0. The van der Waals surface area contributed by atoms with Crippen LogP contribution in [-0.2, 0) is 0 Å². The summed E-state index contributed by atoms with van der Waals surface area (Å²) in [7, 11) is 0. The van der Waals surface area contributed by atoms with Gasteiger partial charge in [0.1, 0.15) is 0 Å². The van der Waals surface area contributed by atoms with E-state index < -0.39 is 0 Å². The quantitative estimate of drug-likeness (QED) is 0.565. The third kappa shape index (κ3) is 1.54. The van der Waals surface area contributed by atoms with Gasteiger partial charge in [-0.05, 0) is 31.5 Å². The van der Waals surface area contributed by atoms with Crippen LogP contribution in [0.5, 0.6) is 0 Å². The van der Waals surface area contributed by atoms with Crippen molar-refractivity contribution in [3.8, 4) is 10.6 Å². The van der Waals surface area contributed by atoms with Crippen LogP contribution in [0.1, 0.15) is 11.1 Å². The molecule has 0 radical (unpaired) electrons. The van der Waals surface area contributed by atoms with E-state index in [-0.39, 0.29) is 5.43 Å². The van der Waals surface area contributed by atoms with Gasteiger partial charge in [-0.15, -0.1) is 11.3 Å². The molecule has 0 amide bonds. The van der Waals surface area contributed by atoms with Crippen LogP contribution in [0.15, 0.2) is 35.1 Å². The van der Waals surface area contributed by atoms with Gasteiger partial charge in [-0.25, -0.2) is 4.98 Å². The van der Waals surface area contributed by atoms with Crippen LogP contribution in [0.25, 0.3) is 20.8 Å². The van der Waals surface area contributed by atoms with Gasteiger partial charge in [0.2, 0.25) is 0 Å². The van der Waals surface area contributed by atoms with Gasteiger partial charge in [-0.3, -0.25) is 4.79 Å². The van der Waals surface area contributed by atoms with Crippen molar-refractivity contribution < 1.29 is 0 Å². The van der Waals surface area contributed by atoms with Crippen molar-refractivity contribution in [2.75, 3.05) is 0 Å². The summed E-state index contributed by atoms with van der Waals surface area (Å²) >= 11 is 1.63. The summed E-state index contributed by atoms with van der Waals surface area (Å²) in [5.41, 5.74) is 3.84. The topological polar surface area (TPSA) is 30.0 Å². The number of para-hydroxylation sites is 1. The number of hydrogen-bond donors (Lipinski definition) is 0. The lowest BCUT2D eigenvalue weighted by molar-refractivity contribution is 1.25. The largest absolute Gasteiger partial charge is 0.290 e. The zero-order valence-electron chi connectivity index (χ0n) is 9.65. The Morgan fingerprint density at radius 3 is 2.71 bits per heavy atom. The molecule has 1 aliphatic carbocycles. The maximum absolute atomic E-state index is 11.8. The van der Waals surface area contributed by atoms with Gasteiger partial charge in [-0.2, -0.15) is 0 Å². The fourth-order valence-electron chi connectivity index (χ4n) is 1.93. The minimum Gasteiger partial charge on any atom is -0.290 e. The Morgan fingerprint density at radius 1 is 1.12 bits per heavy atom. The molecule has 17 heavy (non-hydrogen) atoms. The highest BCUT2D eigenvalue weighted by Gasteiger charge is 2.13. The third-order valence-corrected chi connectivity index (χ3v) is 4.20. The monoisotopic (exact) mass is 241 g/mol. The minimum absolute atomic E-state index is 0.100. The van der Waals surface area contributed by atoms with Gasteiger partial charge in [0.15, 0.2) is 5.43 Å². The van der Waals surface area contributed by atoms with Gasteiger partial charge in [-0.1, -0.05) is 12.1 Å². The summed E-state index contributed by atoms with van der Waals surface area (Å²) < 4.78 is 1.11. The maximum atomic E-state index is 11.8. The summed E-state index contributed by atoms with van der Waals surface area (Å²) in [6.07, 6.45) is 0. The van der Waals surface area contributed by atoms with Crippen LogP contribution >= 0.6 is 11.3 Å². The van der Waals surface area contributed by atoms with E-state index in [4.69, 9.17) is 0 Å². The molecule has 1 aromatic carbocycles. The number of hydrogen-bond acceptors (Lipinski definition) is 3. The molecule has 0 fully saturated rings. The highest BCUT2D eigenvalue weighted by Crippen LogP contribution is 2.32. The second-order valence-corrected chi connectivity index (χ2v) is 5.24. The first-order valence-corrected chi connectivity index (χ1v) is 6.28. The average molecular weight is 241 g/mol. The predicted molar refractivity (Wildman–Crippen MR) is 72.0 cm³/mol. The van der Waals surface area contributed by atoms with Crippen LogP contribution in [-0.4, -0.2) is 4.98 Å². The molecule has 2 nitrogen and oxygen atoms in total. The maximum Gasteiger partial charge on any atom is 0.183 e.